The van der Waals surface area contributed by atoms with Crippen LogP contribution in [0.4, 0.5) is 5.69 Å². The minimum Gasteiger partial charge on any atom is -0.477 e. The molecule has 0 fully saturated rings. The maximum atomic E-state index is 12.8. The molecule has 10 nitrogen and oxygen atoms in total. The molecule has 0 aliphatic heterocycles. The molecular weight excluding hydrogens is 392 g/mol. The Kier molecular flexibility index (Phi) is 6.85. The van der Waals surface area contributed by atoms with Crippen LogP contribution in [0.2, 0.25) is 0 Å². The number of amides is 3. The number of imide groups is 1. The number of nitrogens with zero attached hydrogens (tertiary/aromatic N) is 1. The van der Waals surface area contributed by atoms with Gasteiger partial charge in [0.15, 0.2) is 0 Å². The molecular formula is C20H22N4O6. The van der Waals surface area contributed by atoms with Crippen molar-refractivity contribution in [2.75, 3.05) is 4.90 Å². The van der Waals surface area contributed by atoms with Gasteiger partial charge in [-0.15, -0.1) is 0 Å². The summed E-state index contributed by atoms with van der Waals surface area (Å²) in [6.07, 6.45) is 0. The van der Waals surface area contributed by atoms with Gasteiger partial charge in [-0.3, -0.25) is 19.2 Å². The fourth-order valence-corrected chi connectivity index (χ4v) is 2.73. The van der Waals surface area contributed by atoms with Crippen molar-refractivity contribution >= 4 is 29.4 Å². The van der Waals surface area contributed by atoms with Crippen LogP contribution in [0.5, 0.6) is 0 Å². The van der Waals surface area contributed by atoms with Crippen molar-refractivity contribution in [3.8, 4) is 11.3 Å². The minimum atomic E-state index is -1.34. The lowest BCUT2D eigenvalue weighted by atomic mass is 10.1. The Morgan fingerprint density at radius 2 is 1.63 bits per heavy atom. The van der Waals surface area contributed by atoms with E-state index in [9.17, 15) is 24.0 Å². The molecule has 0 aliphatic carbocycles. The number of pyridine rings is 1. The topological polar surface area (TPSA) is 163 Å². The van der Waals surface area contributed by atoms with Crippen molar-refractivity contribution in [1.29, 1.82) is 0 Å². The summed E-state index contributed by atoms with van der Waals surface area (Å²) < 4.78 is 0. The van der Waals surface area contributed by atoms with Crippen molar-refractivity contribution in [2.24, 2.45) is 5.73 Å². The number of benzene rings is 1. The number of H-pyrrole nitrogens is 1. The van der Waals surface area contributed by atoms with Gasteiger partial charge in [-0.2, -0.15) is 0 Å². The third kappa shape index (κ3) is 4.97. The number of anilines is 1. The molecule has 1 aromatic heterocycles. The molecule has 0 radical (unpaired) electrons. The number of aromatic carboxylic acids is 1. The minimum absolute atomic E-state index is 0.229. The Hall–Kier alpha value is -3.79. The van der Waals surface area contributed by atoms with Gasteiger partial charge in [-0.25, -0.2) is 9.69 Å². The van der Waals surface area contributed by atoms with E-state index in [-0.39, 0.29) is 11.3 Å². The van der Waals surface area contributed by atoms with Gasteiger partial charge in [-0.05, 0) is 43.7 Å². The molecule has 1 heterocycles. The van der Waals surface area contributed by atoms with Gasteiger partial charge in [0.2, 0.25) is 11.8 Å². The molecule has 0 aliphatic rings. The van der Waals surface area contributed by atoms with Crippen LogP contribution < -0.4 is 21.5 Å². The Morgan fingerprint density at radius 3 is 2.10 bits per heavy atom. The largest absolute Gasteiger partial charge is 0.477 e. The summed E-state index contributed by atoms with van der Waals surface area (Å²) in [5, 5.41) is 11.4. The number of hydrogen-bond acceptors (Lipinski definition) is 6. The van der Waals surface area contributed by atoms with Crippen LogP contribution in [-0.4, -0.2) is 45.9 Å². The van der Waals surface area contributed by atoms with Crippen molar-refractivity contribution in [2.45, 2.75) is 32.9 Å². The van der Waals surface area contributed by atoms with Gasteiger partial charge < -0.3 is 21.1 Å². The van der Waals surface area contributed by atoms with Crippen molar-refractivity contribution in [1.82, 2.24) is 10.3 Å². The first-order valence-electron chi connectivity index (χ1n) is 9.00. The third-order valence-electron chi connectivity index (χ3n) is 4.20. The summed E-state index contributed by atoms with van der Waals surface area (Å²) in [6.45, 7) is 4.15. The van der Waals surface area contributed by atoms with Crippen LogP contribution in [-0.2, 0) is 14.4 Å². The first-order chi connectivity index (χ1) is 14.0. The number of carbonyl (C=O) groups is 4. The first-order valence-corrected chi connectivity index (χ1v) is 9.00. The fraction of sp³-hybridized carbons (Fsp3) is 0.250. The van der Waals surface area contributed by atoms with E-state index in [1.165, 1.54) is 45.0 Å². The second kappa shape index (κ2) is 9.14. The van der Waals surface area contributed by atoms with Gasteiger partial charge in [0.1, 0.15) is 11.6 Å². The number of hydrogen-bond donors (Lipinski definition) is 4. The zero-order valence-corrected chi connectivity index (χ0v) is 16.6. The molecule has 2 atom stereocenters. The normalized spacial score (nSPS) is 12.5. The van der Waals surface area contributed by atoms with E-state index >= 15 is 0 Å². The molecule has 1 aromatic carbocycles. The smallest absolute Gasteiger partial charge is 0.341 e. The molecule has 2 aromatic rings. The molecule has 0 bridgehead atoms. The average molecular weight is 414 g/mol. The highest BCUT2D eigenvalue weighted by Crippen LogP contribution is 2.23. The number of carbonyl (C=O) groups excluding carboxylic acids is 3. The zero-order chi connectivity index (χ0) is 22.6. The summed E-state index contributed by atoms with van der Waals surface area (Å²) in [5.41, 5.74) is 5.65. The van der Waals surface area contributed by atoms with E-state index in [1.807, 2.05) is 0 Å². The number of rotatable bonds is 6. The van der Waals surface area contributed by atoms with Crippen molar-refractivity contribution < 1.29 is 24.3 Å². The molecule has 0 saturated heterocycles. The number of nitrogens with two attached hydrogens (primary N) is 1. The number of carboxylic acids is 1. The highest BCUT2D eigenvalue weighted by molar-refractivity contribution is 6.18. The SMILES string of the molecule is CC(=O)N[C@@H](C)C(=O)N(C(=O)[C@H](C)N)c1ccc(-c2ccc(C(=O)O)c(=O)[nH]2)cc1. The van der Waals surface area contributed by atoms with Gasteiger partial charge in [0, 0.05) is 12.6 Å². The van der Waals surface area contributed by atoms with Gasteiger partial charge in [-0.1, -0.05) is 12.1 Å². The van der Waals surface area contributed by atoms with Crippen LogP contribution >= 0.6 is 0 Å². The molecule has 2 rings (SSSR count). The molecule has 5 N–H and O–H groups in total. The lowest BCUT2D eigenvalue weighted by Gasteiger charge is -2.26. The summed E-state index contributed by atoms with van der Waals surface area (Å²) in [6, 6.07) is 6.79. The van der Waals surface area contributed by atoms with Crippen LogP contribution in [0, 0.1) is 0 Å². The number of aromatic nitrogens is 1. The first kappa shape index (κ1) is 22.5. The highest BCUT2D eigenvalue weighted by Gasteiger charge is 2.30. The van der Waals surface area contributed by atoms with E-state index in [0.717, 1.165) is 4.90 Å². The van der Waals surface area contributed by atoms with Crippen LogP contribution in [0.15, 0.2) is 41.2 Å². The summed E-state index contributed by atoms with van der Waals surface area (Å²) >= 11 is 0. The second-order valence-corrected chi connectivity index (χ2v) is 6.69. The molecule has 10 heteroatoms. The van der Waals surface area contributed by atoms with E-state index in [1.54, 1.807) is 12.1 Å². The molecule has 3 amide bonds. The Bertz CT molecular complexity index is 1040. The molecule has 0 unspecified atom stereocenters. The van der Waals surface area contributed by atoms with Crippen molar-refractivity contribution in [3.05, 3.63) is 52.3 Å². The Morgan fingerprint density at radius 1 is 1.03 bits per heavy atom. The van der Waals surface area contributed by atoms with Crippen LogP contribution in [0.25, 0.3) is 11.3 Å². The zero-order valence-electron chi connectivity index (χ0n) is 16.6. The van der Waals surface area contributed by atoms with Crippen LogP contribution in [0.1, 0.15) is 31.1 Å². The Labute approximate surface area is 171 Å². The summed E-state index contributed by atoms with van der Waals surface area (Å²) in [7, 11) is 0. The monoisotopic (exact) mass is 414 g/mol. The van der Waals surface area contributed by atoms with Crippen LogP contribution in [0.3, 0.4) is 0 Å². The maximum Gasteiger partial charge on any atom is 0.341 e. The highest BCUT2D eigenvalue weighted by atomic mass is 16.4. The maximum absolute atomic E-state index is 12.8. The molecule has 158 valence electrons. The van der Waals surface area contributed by atoms with Gasteiger partial charge in [0.05, 0.1) is 11.7 Å². The predicted octanol–water partition coefficient (Wildman–Crippen LogP) is 0.472. The fourth-order valence-electron chi connectivity index (χ4n) is 2.73. The quantitative estimate of drug-likeness (QED) is 0.534. The lowest BCUT2D eigenvalue weighted by molar-refractivity contribution is -0.130. The third-order valence-corrected chi connectivity index (χ3v) is 4.20. The second-order valence-electron chi connectivity index (χ2n) is 6.69. The number of nitrogens with one attached hydrogen (secondary N) is 2. The van der Waals surface area contributed by atoms with E-state index in [2.05, 4.69) is 10.3 Å². The average Bonchev–Trinajstić information content (AvgIpc) is 2.67. The van der Waals surface area contributed by atoms with E-state index in [4.69, 9.17) is 10.8 Å². The van der Waals surface area contributed by atoms with Crippen molar-refractivity contribution in [3.63, 3.8) is 0 Å². The standard InChI is InChI=1S/C20H22N4O6/c1-10(21)18(27)24(19(28)11(2)22-12(3)25)14-6-4-13(5-7-14)16-9-8-15(20(29)30)17(26)23-16/h4-11H,21H2,1-3H3,(H,22,25)(H,23,26)(H,29,30)/t10-,11-/m0/s1. The Balaban J connectivity index is 2.40. The molecule has 0 saturated carbocycles. The van der Waals surface area contributed by atoms with Gasteiger partial charge in [0.25, 0.3) is 11.5 Å². The number of carboxylic acid groups (broad SMARTS) is 1. The molecule has 0 spiro atoms. The summed E-state index contributed by atoms with van der Waals surface area (Å²) in [5.74, 6) is -3.06. The summed E-state index contributed by atoms with van der Waals surface area (Å²) in [4.78, 5) is 62.8. The lowest BCUT2D eigenvalue weighted by Crippen LogP contribution is -2.52. The predicted molar refractivity (Wildman–Crippen MR) is 109 cm³/mol. The molecule has 30 heavy (non-hydrogen) atoms. The van der Waals surface area contributed by atoms with E-state index < -0.39 is 41.3 Å². The number of aromatic amines is 1. The van der Waals surface area contributed by atoms with E-state index in [0.29, 0.717) is 11.3 Å². The van der Waals surface area contributed by atoms with Gasteiger partial charge >= 0.3 is 5.97 Å².